The molecule has 4 heteroatoms. The van der Waals surface area contributed by atoms with E-state index >= 15 is 0 Å². The first-order valence-corrected chi connectivity index (χ1v) is 6.66. The molecule has 2 aromatic carbocycles. The quantitative estimate of drug-likeness (QED) is 0.846. The molecule has 0 aromatic heterocycles. The van der Waals surface area contributed by atoms with Gasteiger partial charge < -0.3 is 15.8 Å². The van der Waals surface area contributed by atoms with Gasteiger partial charge in [0.15, 0.2) is 0 Å². The Hall–Kier alpha value is -2.07. The van der Waals surface area contributed by atoms with Gasteiger partial charge in [0.25, 0.3) is 0 Å². The topological polar surface area (TPSA) is 64.3 Å². The van der Waals surface area contributed by atoms with Crippen LogP contribution < -0.4 is 15.8 Å². The maximum Gasteiger partial charge on any atom is 0.237 e. The third-order valence-electron chi connectivity index (χ3n) is 3.70. The summed E-state index contributed by atoms with van der Waals surface area (Å²) >= 11 is 0. The normalized spacial score (nSPS) is 13.9. The van der Waals surface area contributed by atoms with Gasteiger partial charge in [0.2, 0.25) is 5.91 Å². The molecule has 4 nitrogen and oxygen atoms in total. The van der Waals surface area contributed by atoms with Crippen molar-refractivity contribution in [1.82, 2.24) is 5.32 Å². The van der Waals surface area contributed by atoms with E-state index in [2.05, 4.69) is 5.32 Å². The number of fused-ring (bicyclic) bond motifs is 1. The third kappa shape index (κ3) is 2.91. The first-order valence-electron chi connectivity index (χ1n) is 6.66. The van der Waals surface area contributed by atoms with Crippen molar-refractivity contribution in [3.8, 4) is 5.75 Å². The Balaban J connectivity index is 2.09. The number of rotatable bonds is 6. The van der Waals surface area contributed by atoms with Crippen LogP contribution in [-0.2, 0) is 4.79 Å². The zero-order valence-corrected chi connectivity index (χ0v) is 11.8. The molecular formula is C16H20N2O2. The van der Waals surface area contributed by atoms with Crippen molar-refractivity contribution in [3.63, 3.8) is 0 Å². The summed E-state index contributed by atoms with van der Waals surface area (Å²) in [5.41, 5.74) is 4.65. The van der Waals surface area contributed by atoms with Crippen LogP contribution in [0.4, 0.5) is 0 Å². The number of nitrogens with two attached hydrogens (primary N) is 1. The summed E-state index contributed by atoms with van der Waals surface area (Å²) in [6, 6.07) is 14.0. The molecular weight excluding hydrogens is 252 g/mol. The van der Waals surface area contributed by atoms with Crippen molar-refractivity contribution in [2.75, 3.05) is 13.7 Å². The molecule has 1 amide bonds. The van der Waals surface area contributed by atoms with Crippen LogP contribution in [0, 0.1) is 0 Å². The first-order chi connectivity index (χ1) is 9.57. The Bertz CT molecular complexity index is 607. The lowest BCUT2D eigenvalue weighted by atomic mass is 9.98. The van der Waals surface area contributed by atoms with Crippen LogP contribution in [0.15, 0.2) is 42.5 Å². The van der Waals surface area contributed by atoms with Crippen LogP contribution in [0.2, 0.25) is 0 Å². The maximum absolute atomic E-state index is 11.4. The fraction of sp³-hybridized carbons (Fsp3) is 0.312. The maximum atomic E-state index is 11.4. The average molecular weight is 272 g/mol. The minimum atomic E-state index is -0.745. The monoisotopic (exact) mass is 272 g/mol. The molecule has 0 bridgehead atoms. The van der Waals surface area contributed by atoms with Gasteiger partial charge in [0.1, 0.15) is 5.75 Å². The molecule has 0 aliphatic carbocycles. The number of primary amides is 1. The Morgan fingerprint density at radius 2 is 1.95 bits per heavy atom. The molecule has 2 rings (SSSR count). The largest absolute Gasteiger partial charge is 0.493 e. The Labute approximate surface area is 118 Å². The molecule has 3 N–H and O–H groups in total. The molecule has 0 radical (unpaired) electrons. The number of likely N-dealkylation sites (N-methyl/N-ethyl adjacent to an activating group) is 1. The summed E-state index contributed by atoms with van der Waals surface area (Å²) in [6.07, 6.45) is 0.516. The number of amides is 1. The van der Waals surface area contributed by atoms with Gasteiger partial charge in [-0.15, -0.1) is 0 Å². The van der Waals surface area contributed by atoms with E-state index in [1.54, 1.807) is 14.0 Å². The number of ether oxygens (including phenoxy) is 1. The molecule has 0 aliphatic rings. The number of benzene rings is 2. The second-order valence-electron chi connectivity index (χ2n) is 5.02. The highest BCUT2D eigenvalue weighted by atomic mass is 16.5. The first kappa shape index (κ1) is 14.3. The minimum absolute atomic E-state index is 0.374. The number of carbonyl (C=O) groups excluding carboxylic acids is 1. The molecule has 1 unspecified atom stereocenters. The van der Waals surface area contributed by atoms with Gasteiger partial charge in [0, 0.05) is 11.8 Å². The van der Waals surface area contributed by atoms with E-state index in [0.717, 1.165) is 16.5 Å². The zero-order valence-electron chi connectivity index (χ0n) is 11.8. The fourth-order valence-corrected chi connectivity index (χ4v) is 2.06. The predicted octanol–water partition coefficient (Wildman–Crippen LogP) is 2.07. The molecule has 0 saturated heterocycles. The SMILES string of the molecule is CNC(C)(CCOc1cccc2ccccc12)C(N)=O. The summed E-state index contributed by atoms with van der Waals surface area (Å²) in [4.78, 5) is 11.4. The number of carbonyl (C=O) groups is 1. The lowest BCUT2D eigenvalue weighted by Crippen LogP contribution is -2.52. The van der Waals surface area contributed by atoms with E-state index < -0.39 is 5.54 Å². The highest BCUT2D eigenvalue weighted by molar-refractivity contribution is 5.88. The highest BCUT2D eigenvalue weighted by Gasteiger charge is 2.28. The highest BCUT2D eigenvalue weighted by Crippen LogP contribution is 2.25. The van der Waals surface area contributed by atoms with Gasteiger partial charge in [-0.25, -0.2) is 0 Å². The van der Waals surface area contributed by atoms with Crippen LogP contribution in [0.25, 0.3) is 10.8 Å². The van der Waals surface area contributed by atoms with Crippen molar-refractivity contribution in [2.24, 2.45) is 5.73 Å². The van der Waals surface area contributed by atoms with Crippen LogP contribution >= 0.6 is 0 Å². The third-order valence-corrected chi connectivity index (χ3v) is 3.70. The van der Waals surface area contributed by atoms with E-state index in [9.17, 15) is 4.79 Å². The van der Waals surface area contributed by atoms with Crippen molar-refractivity contribution < 1.29 is 9.53 Å². The summed E-state index contributed by atoms with van der Waals surface area (Å²) in [6.45, 7) is 2.20. The van der Waals surface area contributed by atoms with Gasteiger partial charge in [-0.1, -0.05) is 36.4 Å². The van der Waals surface area contributed by atoms with Crippen LogP contribution in [0.3, 0.4) is 0 Å². The molecule has 0 aliphatic heterocycles. The molecule has 0 fully saturated rings. The molecule has 2 aromatic rings. The molecule has 20 heavy (non-hydrogen) atoms. The summed E-state index contributed by atoms with van der Waals surface area (Å²) in [7, 11) is 1.72. The van der Waals surface area contributed by atoms with Crippen LogP contribution in [-0.4, -0.2) is 25.1 Å². The molecule has 0 saturated carbocycles. The van der Waals surface area contributed by atoms with Gasteiger partial charge in [-0.3, -0.25) is 4.79 Å². The number of hydrogen-bond donors (Lipinski definition) is 2. The van der Waals surface area contributed by atoms with Gasteiger partial charge in [-0.2, -0.15) is 0 Å². The second-order valence-corrected chi connectivity index (χ2v) is 5.02. The Morgan fingerprint density at radius 1 is 1.25 bits per heavy atom. The van der Waals surface area contributed by atoms with E-state index in [1.807, 2.05) is 42.5 Å². The molecule has 1 atom stereocenters. The van der Waals surface area contributed by atoms with Crippen molar-refractivity contribution >= 4 is 16.7 Å². The summed E-state index contributed by atoms with van der Waals surface area (Å²) < 4.78 is 5.82. The number of hydrogen-bond acceptors (Lipinski definition) is 3. The van der Waals surface area contributed by atoms with E-state index in [-0.39, 0.29) is 5.91 Å². The summed E-state index contributed by atoms with van der Waals surface area (Å²) in [5, 5.41) is 5.15. The predicted molar refractivity (Wildman–Crippen MR) is 80.7 cm³/mol. The smallest absolute Gasteiger partial charge is 0.237 e. The van der Waals surface area contributed by atoms with E-state index in [1.165, 1.54) is 0 Å². The van der Waals surface area contributed by atoms with Gasteiger partial charge in [0.05, 0.1) is 12.1 Å². The molecule has 106 valence electrons. The summed E-state index contributed by atoms with van der Waals surface area (Å²) in [5.74, 6) is 0.451. The second kappa shape index (κ2) is 5.92. The fourth-order valence-electron chi connectivity index (χ4n) is 2.06. The lowest BCUT2D eigenvalue weighted by molar-refractivity contribution is -0.124. The van der Waals surface area contributed by atoms with E-state index in [0.29, 0.717) is 13.0 Å². The Kier molecular flexibility index (Phi) is 4.25. The molecule has 0 spiro atoms. The minimum Gasteiger partial charge on any atom is -0.493 e. The number of nitrogens with one attached hydrogen (secondary N) is 1. The van der Waals surface area contributed by atoms with Gasteiger partial charge in [-0.05, 0) is 25.4 Å². The van der Waals surface area contributed by atoms with Crippen molar-refractivity contribution in [1.29, 1.82) is 0 Å². The van der Waals surface area contributed by atoms with Gasteiger partial charge >= 0.3 is 0 Å². The van der Waals surface area contributed by atoms with Crippen LogP contribution in [0.1, 0.15) is 13.3 Å². The lowest BCUT2D eigenvalue weighted by Gasteiger charge is -2.25. The standard InChI is InChI=1S/C16H20N2O2/c1-16(18-2,15(17)19)10-11-20-14-9-5-7-12-6-3-4-8-13(12)14/h3-9,18H,10-11H2,1-2H3,(H2,17,19). The average Bonchev–Trinajstić information content (AvgIpc) is 2.47. The Morgan fingerprint density at radius 3 is 2.65 bits per heavy atom. The van der Waals surface area contributed by atoms with E-state index in [4.69, 9.17) is 10.5 Å². The van der Waals surface area contributed by atoms with Crippen molar-refractivity contribution in [3.05, 3.63) is 42.5 Å². The van der Waals surface area contributed by atoms with Crippen LogP contribution in [0.5, 0.6) is 5.75 Å². The molecule has 0 heterocycles. The van der Waals surface area contributed by atoms with Crippen molar-refractivity contribution in [2.45, 2.75) is 18.9 Å². The zero-order chi connectivity index (χ0) is 14.6.